The molecule has 8 heteroatoms. The second-order valence-electron chi connectivity index (χ2n) is 6.32. The molecule has 6 nitrogen and oxygen atoms in total. The molecule has 3 aromatic rings. The Hall–Kier alpha value is -2.69. The van der Waals surface area contributed by atoms with Gasteiger partial charge in [0.2, 0.25) is 10.0 Å². The normalized spacial score (nSPS) is 11.4. The van der Waals surface area contributed by atoms with Gasteiger partial charge in [-0.1, -0.05) is 12.1 Å². The third-order valence-electron chi connectivity index (χ3n) is 4.50. The maximum atomic E-state index is 12.0. The zero-order valence-electron chi connectivity index (χ0n) is 15.6. The molecule has 3 rings (SSSR count). The average molecular weight is 418 g/mol. The van der Waals surface area contributed by atoms with Crippen molar-refractivity contribution in [2.24, 2.45) is 7.05 Å². The molecule has 1 N–H and O–H groups in total. The van der Waals surface area contributed by atoms with Gasteiger partial charge in [0.1, 0.15) is 11.8 Å². The molecule has 1 aromatic heterocycles. The summed E-state index contributed by atoms with van der Waals surface area (Å²) < 4.78 is 33.8. The number of rotatable bonds is 7. The number of aryl methyl sites for hydroxylation is 1. The standard InChI is InChI=1S/C20H20ClN3O3S/c1-24-19-12-16(27-2)8-9-17(19)18(13-22)20(24)14-4-6-15(7-5-14)23-28(25,26)11-3-10-21/h4-9,12,23H,3,10-11H2,1-2H3. The van der Waals surface area contributed by atoms with Gasteiger partial charge in [-0.3, -0.25) is 4.72 Å². The quantitative estimate of drug-likeness (QED) is 0.586. The van der Waals surface area contributed by atoms with Gasteiger partial charge in [-0.15, -0.1) is 11.6 Å². The summed E-state index contributed by atoms with van der Waals surface area (Å²) in [5.41, 5.74) is 3.50. The Kier molecular flexibility index (Phi) is 5.82. The van der Waals surface area contributed by atoms with Crippen LogP contribution in [-0.4, -0.2) is 31.7 Å². The molecule has 0 bridgehead atoms. The molecule has 0 atom stereocenters. The minimum absolute atomic E-state index is 0.0259. The first-order valence-corrected chi connectivity index (χ1v) is 10.8. The minimum Gasteiger partial charge on any atom is -0.497 e. The van der Waals surface area contributed by atoms with Crippen molar-refractivity contribution in [3.05, 3.63) is 48.0 Å². The number of hydrogen-bond acceptors (Lipinski definition) is 4. The molecular formula is C20H20ClN3O3S. The molecule has 0 spiro atoms. The predicted molar refractivity (Wildman–Crippen MR) is 112 cm³/mol. The van der Waals surface area contributed by atoms with Gasteiger partial charge in [0.25, 0.3) is 0 Å². The number of nitriles is 1. The van der Waals surface area contributed by atoms with Crippen LogP contribution in [0.15, 0.2) is 42.5 Å². The Morgan fingerprint density at radius 3 is 2.54 bits per heavy atom. The van der Waals surface area contributed by atoms with Crippen LogP contribution in [0.4, 0.5) is 5.69 Å². The summed E-state index contributed by atoms with van der Waals surface area (Å²) in [7, 11) is 0.0606. The number of ether oxygens (including phenoxy) is 1. The molecule has 0 aliphatic rings. The van der Waals surface area contributed by atoms with Crippen LogP contribution >= 0.6 is 11.6 Å². The molecule has 0 saturated carbocycles. The highest BCUT2D eigenvalue weighted by Crippen LogP contribution is 2.34. The summed E-state index contributed by atoms with van der Waals surface area (Å²) in [6, 6.07) is 14.8. The topological polar surface area (TPSA) is 84.1 Å². The molecule has 0 aliphatic carbocycles. The highest BCUT2D eigenvalue weighted by Gasteiger charge is 2.17. The fourth-order valence-corrected chi connectivity index (χ4v) is 4.58. The number of benzene rings is 2. The SMILES string of the molecule is COc1ccc2c(C#N)c(-c3ccc(NS(=O)(=O)CCCCl)cc3)n(C)c2c1. The summed E-state index contributed by atoms with van der Waals surface area (Å²) in [6.07, 6.45) is 0.389. The molecule has 0 fully saturated rings. The molecular weight excluding hydrogens is 398 g/mol. The lowest BCUT2D eigenvalue weighted by molar-refractivity contribution is 0.415. The van der Waals surface area contributed by atoms with Gasteiger partial charge in [-0.2, -0.15) is 5.26 Å². The van der Waals surface area contributed by atoms with Crippen LogP contribution in [0, 0.1) is 11.3 Å². The highest BCUT2D eigenvalue weighted by atomic mass is 35.5. The number of nitrogens with one attached hydrogen (secondary N) is 1. The van der Waals surface area contributed by atoms with Gasteiger partial charge in [0.05, 0.1) is 29.6 Å². The monoisotopic (exact) mass is 417 g/mol. The Bertz CT molecular complexity index is 1150. The Balaban J connectivity index is 1.99. The number of anilines is 1. The Morgan fingerprint density at radius 1 is 1.21 bits per heavy atom. The predicted octanol–water partition coefficient (Wildman–Crippen LogP) is 4.10. The van der Waals surface area contributed by atoms with Crippen LogP contribution in [0.25, 0.3) is 22.2 Å². The molecule has 2 aromatic carbocycles. The third kappa shape index (κ3) is 3.93. The lowest BCUT2D eigenvalue weighted by Crippen LogP contribution is -2.16. The molecule has 0 unspecified atom stereocenters. The molecule has 0 saturated heterocycles. The van der Waals surface area contributed by atoms with E-state index in [-0.39, 0.29) is 5.75 Å². The van der Waals surface area contributed by atoms with Crippen molar-refractivity contribution in [1.82, 2.24) is 4.57 Å². The molecule has 0 amide bonds. The largest absolute Gasteiger partial charge is 0.497 e. The van der Waals surface area contributed by atoms with E-state index in [1.54, 1.807) is 31.4 Å². The average Bonchev–Trinajstić information content (AvgIpc) is 2.98. The Labute approximate surface area is 169 Å². The number of sulfonamides is 1. The van der Waals surface area contributed by atoms with Gasteiger partial charge >= 0.3 is 0 Å². The van der Waals surface area contributed by atoms with Crippen LogP contribution in [0.2, 0.25) is 0 Å². The third-order valence-corrected chi connectivity index (χ3v) is 6.14. The van der Waals surface area contributed by atoms with Gasteiger partial charge in [0, 0.05) is 30.1 Å². The first-order valence-electron chi connectivity index (χ1n) is 8.63. The summed E-state index contributed by atoms with van der Waals surface area (Å²) in [4.78, 5) is 0. The summed E-state index contributed by atoms with van der Waals surface area (Å²) >= 11 is 5.57. The lowest BCUT2D eigenvalue weighted by Gasteiger charge is -2.09. The Morgan fingerprint density at radius 2 is 1.93 bits per heavy atom. The van der Waals surface area contributed by atoms with E-state index >= 15 is 0 Å². The van der Waals surface area contributed by atoms with Crippen molar-refractivity contribution in [2.75, 3.05) is 23.5 Å². The number of fused-ring (bicyclic) bond motifs is 1. The maximum Gasteiger partial charge on any atom is 0.232 e. The second-order valence-corrected chi connectivity index (χ2v) is 8.54. The molecule has 28 heavy (non-hydrogen) atoms. The van der Waals surface area contributed by atoms with E-state index in [4.69, 9.17) is 16.3 Å². The van der Waals surface area contributed by atoms with Crippen LogP contribution in [0.3, 0.4) is 0 Å². The first-order chi connectivity index (χ1) is 13.4. The van der Waals surface area contributed by atoms with Crippen LogP contribution < -0.4 is 9.46 Å². The van der Waals surface area contributed by atoms with Crippen molar-refractivity contribution < 1.29 is 13.2 Å². The van der Waals surface area contributed by atoms with Crippen LogP contribution in [-0.2, 0) is 17.1 Å². The van der Waals surface area contributed by atoms with Gasteiger partial charge < -0.3 is 9.30 Å². The van der Waals surface area contributed by atoms with E-state index in [0.29, 0.717) is 29.3 Å². The zero-order valence-corrected chi connectivity index (χ0v) is 17.1. The van der Waals surface area contributed by atoms with Gasteiger partial charge in [0.15, 0.2) is 0 Å². The van der Waals surface area contributed by atoms with Gasteiger partial charge in [-0.25, -0.2) is 8.42 Å². The van der Waals surface area contributed by atoms with Crippen molar-refractivity contribution in [3.63, 3.8) is 0 Å². The summed E-state index contributed by atoms with van der Waals surface area (Å²) in [5.74, 6) is 0.982. The van der Waals surface area contributed by atoms with E-state index in [2.05, 4.69) is 10.8 Å². The number of methoxy groups -OCH3 is 1. The first kappa shape index (κ1) is 20.1. The van der Waals surface area contributed by atoms with E-state index in [1.165, 1.54) is 0 Å². The van der Waals surface area contributed by atoms with E-state index < -0.39 is 10.0 Å². The molecule has 0 radical (unpaired) electrons. The van der Waals surface area contributed by atoms with Crippen molar-refractivity contribution in [3.8, 4) is 23.1 Å². The minimum atomic E-state index is -3.43. The van der Waals surface area contributed by atoms with Crippen LogP contribution in [0.5, 0.6) is 5.75 Å². The lowest BCUT2D eigenvalue weighted by atomic mass is 10.1. The maximum absolute atomic E-state index is 12.0. The number of aromatic nitrogens is 1. The fourth-order valence-electron chi connectivity index (χ4n) is 3.17. The zero-order chi connectivity index (χ0) is 20.3. The van der Waals surface area contributed by atoms with E-state index in [0.717, 1.165) is 22.2 Å². The second kappa shape index (κ2) is 8.13. The highest BCUT2D eigenvalue weighted by molar-refractivity contribution is 7.92. The number of nitrogens with zero attached hydrogens (tertiary/aromatic N) is 2. The van der Waals surface area contributed by atoms with E-state index in [9.17, 15) is 13.7 Å². The smallest absolute Gasteiger partial charge is 0.232 e. The van der Waals surface area contributed by atoms with Crippen molar-refractivity contribution in [1.29, 1.82) is 5.26 Å². The van der Waals surface area contributed by atoms with Crippen LogP contribution in [0.1, 0.15) is 12.0 Å². The number of alkyl halides is 1. The number of halogens is 1. The van der Waals surface area contributed by atoms with E-state index in [1.807, 2.05) is 29.8 Å². The molecule has 1 heterocycles. The summed E-state index contributed by atoms with van der Waals surface area (Å²) in [6.45, 7) is 0. The number of hydrogen-bond donors (Lipinski definition) is 1. The van der Waals surface area contributed by atoms with Gasteiger partial charge in [-0.05, 0) is 36.2 Å². The van der Waals surface area contributed by atoms with Crippen molar-refractivity contribution in [2.45, 2.75) is 6.42 Å². The van der Waals surface area contributed by atoms with Crippen molar-refractivity contribution >= 4 is 38.2 Å². The molecule has 146 valence electrons. The summed E-state index contributed by atoms with van der Waals surface area (Å²) in [5, 5.41) is 10.5. The molecule has 0 aliphatic heterocycles. The fraction of sp³-hybridized carbons (Fsp3) is 0.250.